The van der Waals surface area contributed by atoms with Gasteiger partial charge in [0.15, 0.2) is 5.69 Å². The Morgan fingerprint density at radius 2 is 1.83 bits per heavy atom. The largest absolute Gasteiger partial charge is 0.334 e. The van der Waals surface area contributed by atoms with Crippen LogP contribution in [0.15, 0.2) is 29.1 Å². The van der Waals surface area contributed by atoms with Crippen LogP contribution in [-0.2, 0) is 0 Å². The van der Waals surface area contributed by atoms with Crippen molar-refractivity contribution >= 4 is 16.7 Å². The maximum atomic E-state index is 13.1. The molecule has 1 aromatic carbocycles. The molecule has 2 heterocycles. The standard InChI is InChI=1S/C18H21N3O2/c22-17-14-9-3-2-8-13(14)16(19-20-17)18(23)21-11-5-7-12-6-1-4-10-15(12)21/h2-3,8-9,12,15H,1,4-7,10-11H2,(H,20,22)/t12-,15-/m0/s1. The second kappa shape index (κ2) is 5.80. The van der Waals surface area contributed by atoms with E-state index in [1.54, 1.807) is 6.07 Å². The highest BCUT2D eigenvalue weighted by atomic mass is 16.2. The number of H-pyrrole nitrogens is 1. The number of hydrogen-bond donors (Lipinski definition) is 1. The maximum Gasteiger partial charge on any atom is 0.275 e. The summed E-state index contributed by atoms with van der Waals surface area (Å²) in [7, 11) is 0. The van der Waals surface area contributed by atoms with Crippen LogP contribution in [0.3, 0.4) is 0 Å². The van der Waals surface area contributed by atoms with E-state index in [2.05, 4.69) is 10.2 Å². The summed E-state index contributed by atoms with van der Waals surface area (Å²) in [6.07, 6.45) is 7.10. The normalized spacial score (nSPS) is 24.4. The Labute approximate surface area is 134 Å². The molecule has 120 valence electrons. The van der Waals surface area contributed by atoms with Gasteiger partial charge in [0, 0.05) is 18.0 Å². The first kappa shape index (κ1) is 14.4. The number of piperidine rings is 1. The number of fused-ring (bicyclic) bond motifs is 2. The minimum absolute atomic E-state index is 0.0333. The van der Waals surface area contributed by atoms with E-state index in [0.29, 0.717) is 28.4 Å². The van der Waals surface area contributed by atoms with Crippen LogP contribution in [0.5, 0.6) is 0 Å². The molecule has 2 fully saturated rings. The van der Waals surface area contributed by atoms with E-state index in [0.717, 1.165) is 19.4 Å². The van der Waals surface area contributed by atoms with Gasteiger partial charge in [0.2, 0.25) is 0 Å². The van der Waals surface area contributed by atoms with Gasteiger partial charge in [-0.2, -0.15) is 5.10 Å². The van der Waals surface area contributed by atoms with Gasteiger partial charge in [-0.15, -0.1) is 0 Å². The number of amides is 1. The van der Waals surface area contributed by atoms with E-state index < -0.39 is 0 Å². The van der Waals surface area contributed by atoms with E-state index in [-0.39, 0.29) is 11.5 Å². The van der Waals surface area contributed by atoms with Crippen molar-refractivity contribution in [3.8, 4) is 0 Å². The fourth-order valence-electron chi connectivity index (χ4n) is 4.29. The summed E-state index contributed by atoms with van der Waals surface area (Å²) in [5.41, 5.74) is 0.137. The summed E-state index contributed by atoms with van der Waals surface area (Å²) in [6.45, 7) is 0.801. The number of aromatic nitrogens is 2. The van der Waals surface area contributed by atoms with Crippen molar-refractivity contribution in [1.29, 1.82) is 0 Å². The van der Waals surface area contributed by atoms with Crippen molar-refractivity contribution in [3.63, 3.8) is 0 Å². The van der Waals surface area contributed by atoms with Gasteiger partial charge in [0.1, 0.15) is 0 Å². The third kappa shape index (κ3) is 2.44. The number of hydrogen-bond acceptors (Lipinski definition) is 3. The molecule has 23 heavy (non-hydrogen) atoms. The van der Waals surface area contributed by atoms with Gasteiger partial charge in [-0.1, -0.05) is 31.0 Å². The molecule has 4 rings (SSSR count). The minimum Gasteiger partial charge on any atom is -0.334 e. The lowest BCUT2D eigenvalue weighted by atomic mass is 9.78. The SMILES string of the molecule is O=C(c1n[nH]c(=O)c2ccccc12)N1CCC[C@@H]2CCCC[C@@H]21. The number of likely N-dealkylation sites (tertiary alicyclic amines) is 1. The second-order valence-corrected chi connectivity index (χ2v) is 6.70. The predicted octanol–water partition coefficient (Wildman–Crippen LogP) is 2.72. The molecule has 5 nitrogen and oxygen atoms in total. The molecular weight excluding hydrogens is 290 g/mol. The van der Waals surface area contributed by atoms with E-state index >= 15 is 0 Å². The van der Waals surface area contributed by atoms with Gasteiger partial charge in [-0.3, -0.25) is 9.59 Å². The summed E-state index contributed by atoms with van der Waals surface area (Å²) in [5.74, 6) is 0.601. The van der Waals surface area contributed by atoms with Gasteiger partial charge in [-0.25, -0.2) is 5.10 Å². The average molecular weight is 311 g/mol. The highest BCUT2D eigenvalue weighted by molar-refractivity contribution is 6.04. The van der Waals surface area contributed by atoms with E-state index in [1.807, 2.05) is 23.1 Å². The Balaban J connectivity index is 1.74. The van der Waals surface area contributed by atoms with Crippen molar-refractivity contribution in [2.45, 2.75) is 44.6 Å². The van der Waals surface area contributed by atoms with E-state index in [4.69, 9.17) is 0 Å². The van der Waals surface area contributed by atoms with Crippen LogP contribution in [-0.4, -0.2) is 33.6 Å². The van der Waals surface area contributed by atoms with Gasteiger partial charge in [0.25, 0.3) is 11.5 Å². The first-order valence-corrected chi connectivity index (χ1v) is 8.54. The summed E-state index contributed by atoms with van der Waals surface area (Å²) in [5, 5.41) is 7.75. The fraction of sp³-hybridized carbons (Fsp3) is 0.500. The van der Waals surface area contributed by atoms with Crippen LogP contribution in [0, 0.1) is 5.92 Å². The fourth-order valence-corrected chi connectivity index (χ4v) is 4.29. The smallest absolute Gasteiger partial charge is 0.275 e. The average Bonchev–Trinajstić information content (AvgIpc) is 2.61. The van der Waals surface area contributed by atoms with E-state index in [9.17, 15) is 9.59 Å². The molecular formula is C18H21N3O2. The number of nitrogens with one attached hydrogen (secondary N) is 1. The van der Waals surface area contributed by atoms with Gasteiger partial charge in [-0.05, 0) is 37.7 Å². The number of carbonyl (C=O) groups is 1. The van der Waals surface area contributed by atoms with Gasteiger partial charge in [0.05, 0.1) is 5.39 Å². The number of carbonyl (C=O) groups excluding carboxylic acids is 1. The zero-order valence-corrected chi connectivity index (χ0v) is 13.1. The summed E-state index contributed by atoms with van der Waals surface area (Å²) >= 11 is 0. The molecule has 0 unspecified atom stereocenters. The van der Waals surface area contributed by atoms with Gasteiger partial charge >= 0.3 is 0 Å². The van der Waals surface area contributed by atoms with Crippen LogP contribution in [0.25, 0.3) is 10.8 Å². The zero-order chi connectivity index (χ0) is 15.8. The van der Waals surface area contributed by atoms with Crippen molar-refractivity contribution in [1.82, 2.24) is 15.1 Å². The Hall–Kier alpha value is -2.17. The molecule has 0 bridgehead atoms. The lowest BCUT2D eigenvalue weighted by Gasteiger charge is -2.44. The van der Waals surface area contributed by atoms with Crippen LogP contribution >= 0.6 is 0 Å². The molecule has 1 saturated heterocycles. The van der Waals surface area contributed by atoms with Gasteiger partial charge < -0.3 is 4.90 Å². The molecule has 1 saturated carbocycles. The first-order chi connectivity index (χ1) is 11.3. The molecule has 0 spiro atoms. The summed E-state index contributed by atoms with van der Waals surface area (Å²) in [4.78, 5) is 27.1. The third-order valence-electron chi connectivity index (χ3n) is 5.40. The minimum atomic E-state index is -0.244. The zero-order valence-electron chi connectivity index (χ0n) is 13.1. The summed E-state index contributed by atoms with van der Waals surface area (Å²) in [6, 6.07) is 7.56. The van der Waals surface area contributed by atoms with Crippen molar-refractivity contribution in [2.75, 3.05) is 6.54 Å². The molecule has 5 heteroatoms. The van der Waals surface area contributed by atoms with Crippen molar-refractivity contribution in [2.24, 2.45) is 5.92 Å². The molecule has 1 aliphatic carbocycles. The number of benzene rings is 1. The summed E-state index contributed by atoms with van der Waals surface area (Å²) < 4.78 is 0. The quantitative estimate of drug-likeness (QED) is 0.880. The Morgan fingerprint density at radius 1 is 1.09 bits per heavy atom. The lowest BCUT2D eigenvalue weighted by molar-refractivity contribution is 0.0386. The predicted molar refractivity (Wildman–Crippen MR) is 88.4 cm³/mol. The Bertz CT molecular complexity index is 796. The van der Waals surface area contributed by atoms with Crippen molar-refractivity contribution in [3.05, 3.63) is 40.3 Å². The molecule has 1 amide bonds. The highest BCUT2D eigenvalue weighted by Crippen LogP contribution is 2.36. The van der Waals surface area contributed by atoms with Crippen LogP contribution in [0.1, 0.15) is 49.0 Å². The molecule has 1 aliphatic heterocycles. The molecule has 2 atom stereocenters. The van der Waals surface area contributed by atoms with Crippen molar-refractivity contribution < 1.29 is 4.79 Å². The lowest BCUT2D eigenvalue weighted by Crippen LogP contribution is -2.50. The number of rotatable bonds is 1. The monoisotopic (exact) mass is 311 g/mol. The van der Waals surface area contributed by atoms with E-state index in [1.165, 1.54) is 25.7 Å². The number of aromatic amines is 1. The molecule has 0 radical (unpaired) electrons. The first-order valence-electron chi connectivity index (χ1n) is 8.54. The van der Waals surface area contributed by atoms with Crippen LogP contribution < -0.4 is 5.56 Å². The third-order valence-corrected chi connectivity index (χ3v) is 5.40. The molecule has 2 aromatic rings. The molecule has 1 aromatic heterocycles. The molecule has 2 aliphatic rings. The van der Waals surface area contributed by atoms with Crippen LogP contribution in [0.4, 0.5) is 0 Å². The Kier molecular flexibility index (Phi) is 3.63. The van der Waals surface area contributed by atoms with Crippen LogP contribution in [0.2, 0.25) is 0 Å². The Morgan fingerprint density at radius 3 is 2.70 bits per heavy atom. The maximum absolute atomic E-state index is 13.1. The second-order valence-electron chi connectivity index (χ2n) is 6.70. The topological polar surface area (TPSA) is 66.1 Å². The number of nitrogens with zero attached hydrogens (tertiary/aromatic N) is 2. The molecule has 1 N–H and O–H groups in total. The highest BCUT2D eigenvalue weighted by Gasteiger charge is 2.36.